The zero-order chi connectivity index (χ0) is 53.1. The average molecular weight is 1080 g/mol. The summed E-state index contributed by atoms with van der Waals surface area (Å²) in [5, 5.41) is 15.9. The van der Waals surface area contributed by atoms with Crippen molar-refractivity contribution in [3.8, 4) is 56.9 Å². The minimum absolute atomic E-state index is 0.557. The van der Waals surface area contributed by atoms with Crippen molar-refractivity contribution in [1.29, 1.82) is 0 Å². The van der Waals surface area contributed by atoms with Gasteiger partial charge >= 0.3 is 0 Å². The lowest BCUT2D eigenvalue weighted by atomic mass is 9.91. The van der Waals surface area contributed by atoms with Gasteiger partial charge in [-0.25, -0.2) is 19.9 Å². The summed E-state index contributed by atoms with van der Waals surface area (Å²) in [5.74, 6) is 2.70. The van der Waals surface area contributed by atoms with Crippen LogP contribution in [0.4, 0.5) is 0 Å². The third-order valence-corrected chi connectivity index (χ3v) is 19.7. The Hall–Kier alpha value is -10.4. The molecule has 18 aromatic rings. The van der Waals surface area contributed by atoms with Gasteiger partial charge in [0, 0.05) is 91.4 Å². The molecule has 9 heterocycles. The predicted octanol–water partition coefficient (Wildman–Crippen LogP) is 19.9. The van der Waals surface area contributed by atoms with Gasteiger partial charge in [0.15, 0.2) is 5.58 Å². The fourth-order valence-corrected chi connectivity index (χ4v) is 16.4. The summed E-state index contributed by atoms with van der Waals surface area (Å²) >= 11 is 3.63. The number of fused-ring (bicyclic) bond motifs is 24. The lowest BCUT2D eigenvalue weighted by Crippen LogP contribution is -2.05. The van der Waals surface area contributed by atoms with Crippen molar-refractivity contribution < 1.29 is 9.15 Å². The molecule has 11 aromatic carbocycles. The van der Waals surface area contributed by atoms with E-state index in [4.69, 9.17) is 29.1 Å². The number of para-hydroxylation sites is 3. The molecule has 0 bridgehead atoms. The van der Waals surface area contributed by atoms with Crippen molar-refractivity contribution in [1.82, 2.24) is 29.1 Å². The fraction of sp³-hybridized carbons (Fsp3) is 0. The van der Waals surface area contributed by atoms with Crippen molar-refractivity contribution in [2.75, 3.05) is 0 Å². The highest BCUT2D eigenvalue weighted by Crippen LogP contribution is 2.54. The zero-order valence-electron chi connectivity index (χ0n) is 43.1. The van der Waals surface area contributed by atoms with Gasteiger partial charge in [0.1, 0.15) is 22.7 Å². The van der Waals surface area contributed by atoms with E-state index in [2.05, 4.69) is 209 Å². The predicted molar refractivity (Wildman–Crippen MR) is 337 cm³/mol. The largest absolute Gasteiger partial charge is 0.454 e. The Bertz CT molecular complexity index is 5990. The molecule has 0 amide bonds. The Labute approximate surface area is 472 Å². The second kappa shape index (κ2) is 15.7. The summed E-state index contributed by atoms with van der Waals surface area (Å²) in [4.78, 5) is 23.9. The number of pyridine rings is 2. The molecule has 0 fully saturated rings. The van der Waals surface area contributed by atoms with Crippen LogP contribution in [0.2, 0.25) is 0 Å². The molecule has 20 rings (SSSR count). The van der Waals surface area contributed by atoms with Crippen LogP contribution in [0.25, 0.3) is 174 Å². The van der Waals surface area contributed by atoms with Crippen LogP contribution in [0.5, 0.6) is 11.6 Å². The number of benzene rings is 11. The van der Waals surface area contributed by atoms with Gasteiger partial charge in [-0.15, -0.1) is 11.3 Å². The number of hydrogen-bond donors (Lipinski definition) is 0. The van der Waals surface area contributed by atoms with Gasteiger partial charge in [0.05, 0.1) is 43.4 Å². The number of furan rings is 1. The van der Waals surface area contributed by atoms with Gasteiger partial charge < -0.3 is 9.15 Å². The van der Waals surface area contributed by atoms with Crippen molar-refractivity contribution in [3.63, 3.8) is 0 Å². The van der Waals surface area contributed by atoms with E-state index in [1.165, 1.54) is 46.6 Å². The molecule has 0 N–H and O–H groups in total. The van der Waals surface area contributed by atoms with Crippen LogP contribution in [0.3, 0.4) is 0 Å². The smallest absolute Gasteiger partial charge is 0.235 e. The standard InChI is InChI=1S/C72H36N6O2S2/c1-2-16-40-39(15-1)59-43-17-3-8-24-52(43)77(67(59)70-62(40)46-20-6-11-27-55(46)82-70)58-36-49-42-22-14-34-73-71(42)80-68-38(32-33-51(74-58)63(49)68)37-30-31-41-48(35-37)60-44-18-4-9-25-53(44)78(66(60)69-61(41)45-19-5-10-26-54(45)79-69)72-75-50-23-13-29-57-64(50)65(76-72)47-21-7-12-28-56(47)81-57/h1-36H. The molecular weight excluding hydrogens is 1040 g/mol. The van der Waals surface area contributed by atoms with Crippen molar-refractivity contribution in [2.45, 2.75) is 9.79 Å². The molecular formula is C72H36N6O2S2. The molecule has 0 unspecified atom stereocenters. The third-order valence-electron chi connectivity index (χ3n) is 17.3. The van der Waals surface area contributed by atoms with Crippen molar-refractivity contribution >= 4 is 152 Å². The first-order valence-corrected chi connectivity index (χ1v) is 29.1. The molecule has 7 aromatic heterocycles. The Balaban J connectivity index is 0.862. The number of hydrogen-bond acceptors (Lipinski definition) is 8. The summed E-state index contributed by atoms with van der Waals surface area (Å²) in [7, 11) is 0. The minimum Gasteiger partial charge on any atom is -0.454 e. The summed E-state index contributed by atoms with van der Waals surface area (Å²) in [6.07, 6.45) is 1.82. The van der Waals surface area contributed by atoms with Gasteiger partial charge in [0.2, 0.25) is 11.8 Å². The quantitative estimate of drug-likeness (QED) is 0.174. The fourth-order valence-electron chi connectivity index (χ4n) is 14.0. The van der Waals surface area contributed by atoms with E-state index in [9.17, 15) is 0 Å². The Morgan fingerprint density at radius 3 is 1.99 bits per heavy atom. The summed E-state index contributed by atoms with van der Waals surface area (Å²) in [6, 6.07) is 76.0. The Morgan fingerprint density at radius 1 is 0.415 bits per heavy atom. The number of rotatable bonds is 3. The van der Waals surface area contributed by atoms with E-state index < -0.39 is 0 Å². The second-order valence-corrected chi connectivity index (χ2v) is 23.6. The van der Waals surface area contributed by atoms with Crippen LogP contribution in [0, 0.1) is 0 Å². The first-order chi connectivity index (χ1) is 40.7. The molecule has 2 aliphatic heterocycles. The van der Waals surface area contributed by atoms with Crippen molar-refractivity contribution in [3.05, 3.63) is 219 Å². The van der Waals surface area contributed by atoms with Gasteiger partial charge in [-0.2, -0.15) is 0 Å². The SMILES string of the molecule is c1ccc2c(c1)Sc1cccc3nc(-n4c5ccccc5c5c6cc(-c7ccc8nc(-n9c%10ccccc%10c%10c%11ccccc%11c%11c%12ccccc%12sc%11c%109)cc9c8c7Oc7ncccc7-9)ccc6c6c7ccccc7oc6c54)nc-2c13. The summed E-state index contributed by atoms with van der Waals surface area (Å²) in [5.41, 5.74) is 13.4. The first kappa shape index (κ1) is 43.5. The lowest BCUT2D eigenvalue weighted by Gasteiger charge is -2.23. The van der Waals surface area contributed by atoms with E-state index in [1.807, 2.05) is 29.7 Å². The van der Waals surface area contributed by atoms with Crippen molar-refractivity contribution in [2.24, 2.45) is 0 Å². The lowest BCUT2D eigenvalue weighted by molar-refractivity contribution is 0.468. The van der Waals surface area contributed by atoms with Crippen LogP contribution in [0.15, 0.2) is 233 Å². The Morgan fingerprint density at radius 2 is 1.11 bits per heavy atom. The van der Waals surface area contributed by atoms with Crippen LogP contribution < -0.4 is 4.74 Å². The normalized spacial score (nSPS) is 12.9. The van der Waals surface area contributed by atoms with E-state index in [0.717, 1.165) is 137 Å². The van der Waals surface area contributed by atoms with E-state index in [1.54, 1.807) is 11.8 Å². The van der Waals surface area contributed by atoms with Gasteiger partial charge in [-0.3, -0.25) is 9.13 Å². The molecule has 378 valence electrons. The second-order valence-electron chi connectivity index (χ2n) is 21.5. The van der Waals surface area contributed by atoms with Gasteiger partial charge in [0.25, 0.3) is 0 Å². The van der Waals surface area contributed by atoms with Crippen LogP contribution in [-0.4, -0.2) is 29.1 Å². The number of thiophene rings is 1. The topological polar surface area (TPSA) is 83.8 Å². The minimum atomic E-state index is 0.557. The average Bonchev–Trinajstić information content (AvgIpc) is 4.11. The molecule has 0 aliphatic carbocycles. The molecule has 0 radical (unpaired) electrons. The molecule has 0 saturated heterocycles. The number of nitrogens with zero attached hydrogens (tertiary/aromatic N) is 6. The van der Waals surface area contributed by atoms with E-state index >= 15 is 0 Å². The highest BCUT2D eigenvalue weighted by Gasteiger charge is 2.31. The molecule has 82 heavy (non-hydrogen) atoms. The maximum Gasteiger partial charge on any atom is 0.235 e. The molecule has 0 spiro atoms. The maximum absolute atomic E-state index is 7.09. The van der Waals surface area contributed by atoms with E-state index in [0.29, 0.717) is 11.8 Å². The third kappa shape index (κ3) is 5.57. The number of ether oxygens (including phenoxy) is 1. The maximum atomic E-state index is 7.09. The molecule has 10 heteroatoms. The molecule has 2 aliphatic rings. The van der Waals surface area contributed by atoms with E-state index in [-0.39, 0.29) is 0 Å². The first-order valence-electron chi connectivity index (χ1n) is 27.4. The van der Waals surface area contributed by atoms with Crippen LogP contribution in [-0.2, 0) is 0 Å². The monoisotopic (exact) mass is 1080 g/mol. The molecule has 8 nitrogen and oxygen atoms in total. The van der Waals surface area contributed by atoms with Crippen LogP contribution >= 0.6 is 23.1 Å². The van der Waals surface area contributed by atoms with Gasteiger partial charge in [-0.05, 0) is 106 Å². The van der Waals surface area contributed by atoms with Crippen LogP contribution in [0.1, 0.15) is 0 Å². The summed E-state index contributed by atoms with van der Waals surface area (Å²) < 4.78 is 21.3. The molecule has 0 saturated carbocycles. The number of aromatic nitrogens is 6. The zero-order valence-corrected chi connectivity index (χ0v) is 44.7. The Kier molecular flexibility index (Phi) is 8.33. The highest BCUT2D eigenvalue weighted by molar-refractivity contribution is 7.99. The highest BCUT2D eigenvalue weighted by atomic mass is 32.2. The molecule has 0 atom stereocenters. The van der Waals surface area contributed by atoms with Gasteiger partial charge in [-0.1, -0.05) is 145 Å². The summed E-state index contributed by atoms with van der Waals surface area (Å²) in [6.45, 7) is 0.